The molecule has 1 unspecified atom stereocenters. The van der Waals surface area contributed by atoms with Gasteiger partial charge in [0, 0.05) is 18.0 Å². The lowest BCUT2D eigenvalue weighted by molar-refractivity contribution is -0.144. The Morgan fingerprint density at radius 1 is 1.53 bits per heavy atom. The second-order valence-electron chi connectivity index (χ2n) is 5.08. The van der Waals surface area contributed by atoms with Gasteiger partial charge in [-0.05, 0) is 42.2 Å². The topological polar surface area (TPSA) is 40.5 Å². The molecule has 1 aromatic heterocycles. The van der Waals surface area contributed by atoms with Gasteiger partial charge in [0.05, 0.1) is 0 Å². The van der Waals surface area contributed by atoms with Crippen LogP contribution in [0.3, 0.4) is 0 Å². The fourth-order valence-electron chi connectivity index (χ4n) is 2.86. The molecule has 1 saturated carbocycles. The van der Waals surface area contributed by atoms with Crippen LogP contribution in [0.1, 0.15) is 35.7 Å². The van der Waals surface area contributed by atoms with Crippen LogP contribution < -0.4 is 0 Å². The number of rotatable bonds is 3. The van der Waals surface area contributed by atoms with E-state index in [1.165, 1.54) is 24.1 Å². The lowest BCUT2D eigenvalue weighted by Crippen LogP contribution is -2.42. The second-order valence-corrected chi connectivity index (χ2v) is 6.08. The number of fused-ring (bicyclic) bond motifs is 1. The van der Waals surface area contributed by atoms with Gasteiger partial charge in [0.2, 0.25) is 0 Å². The van der Waals surface area contributed by atoms with Crippen molar-refractivity contribution in [2.24, 2.45) is 5.92 Å². The van der Waals surface area contributed by atoms with Crippen molar-refractivity contribution in [1.82, 2.24) is 4.90 Å². The molecule has 1 aliphatic carbocycles. The quantitative estimate of drug-likeness (QED) is 0.897. The van der Waals surface area contributed by atoms with E-state index in [2.05, 4.69) is 4.90 Å². The summed E-state index contributed by atoms with van der Waals surface area (Å²) in [5, 5.41) is 11.5. The van der Waals surface area contributed by atoms with Gasteiger partial charge in [-0.3, -0.25) is 9.69 Å². The van der Waals surface area contributed by atoms with E-state index in [-0.39, 0.29) is 0 Å². The van der Waals surface area contributed by atoms with Crippen molar-refractivity contribution in [3.8, 4) is 0 Å². The van der Waals surface area contributed by atoms with Gasteiger partial charge in [-0.15, -0.1) is 11.3 Å². The van der Waals surface area contributed by atoms with Crippen LogP contribution in [0.2, 0.25) is 0 Å². The first-order valence-electron chi connectivity index (χ1n) is 6.29. The molecule has 2 aliphatic rings. The first kappa shape index (κ1) is 11.2. The zero-order valence-electron chi connectivity index (χ0n) is 9.76. The molecule has 0 spiro atoms. The van der Waals surface area contributed by atoms with Gasteiger partial charge in [0.25, 0.3) is 0 Å². The van der Waals surface area contributed by atoms with E-state index in [9.17, 15) is 9.90 Å². The maximum atomic E-state index is 11.5. The fourth-order valence-corrected chi connectivity index (χ4v) is 3.77. The van der Waals surface area contributed by atoms with E-state index in [1.54, 1.807) is 11.3 Å². The van der Waals surface area contributed by atoms with Crippen LogP contribution in [-0.2, 0) is 11.2 Å². The number of carbonyl (C=O) groups is 1. The normalized spacial score (nSPS) is 25.3. The third-order valence-corrected chi connectivity index (χ3v) is 5.01. The van der Waals surface area contributed by atoms with Gasteiger partial charge < -0.3 is 5.11 Å². The number of carboxylic acids is 1. The Hall–Kier alpha value is -0.870. The predicted octanol–water partition coefficient (Wildman–Crippen LogP) is 2.53. The predicted molar refractivity (Wildman–Crippen MR) is 67.3 cm³/mol. The van der Waals surface area contributed by atoms with Gasteiger partial charge in [-0.25, -0.2) is 0 Å². The maximum absolute atomic E-state index is 11.5. The van der Waals surface area contributed by atoms with E-state index in [0.29, 0.717) is 0 Å². The van der Waals surface area contributed by atoms with Gasteiger partial charge in [0.1, 0.15) is 6.04 Å². The minimum atomic E-state index is -0.691. The van der Waals surface area contributed by atoms with Crippen molar-refractivity contribution in [3.05, 3.63) is 21.9 Å². The number of hydrogen-bond acceptors (Lipinski definition) is 3. The molecule has 0 aromatic carbocycles. The molecule has 1 fully saturated rings. The Bertz CT molecular complexity index is 425. The third-order valence-electron chi connectivity index (χ3n) is 4.02. The van der Waals surface area contributed by atoms with Crippen LogP contribution in [0.5, 0.6) is 0 Å². The zero-order valence-corrected chi connectivity index (χ0v) is 10.6. The lowest BCUT2D eigenvalue weighted by atomic mass is 9.84. The fraction of sp³-hybridized carbons (Fsp3) is 0.615. The van der Waals surface area contributed by atoms with E-state index in [0.717, 1.165) is 31.0 Å². The number of hydrogen-bond donors (Lipinski definition) is 1. The Morgan fingerprint density at radius 2 is 2.35 bits per heavy atom. The highest BCUT2D eigenvalue weighted by Gasteiger charge is 2.35. The summed E-state index contributed by atoms with van der Waals surface area (Å²) in [6.45, 7) is 1.87. The molecular formula is C13H17NO2S. The van der Waals surface area contributed by atoms with Crippen molar-refractivity contribution in [3.63, 3.8) is 0 Å². The molecule has 0 bridgehead atoms. The smallest absolute Gasteiger partial charge is 0.325 e. The van der Waals surface area contributed by atoms with Gasteiger partial charge in [-0.1, -0.05) is 6.42 Å². The molecule has 0 radical (unpaired) electrons. The average Bonchev–Trinajstić information content (AvgIpc) is 2.69. The molecule has 4 heteroatoms. The standard InChI is InChI=1S/C13H17NO2S/c15-13(16)12-10-5-7-17-11(10)4-6-14(12)8-9-2-1-3-9/h5,7,9,12H,1-4,6,8H2,(H,15,16). The van der Waals surface area contributed by atoms with Crippen LogP contribution >= 0.6 is 11.3 Å². The van der Waals surface area contributed by atoms with Crippen LogP contribution in [0.15, 0.2) is 11.4 Å². The highest BCUT2D eigenvalue weighted by molar-refractivity contribution is 7.10. The molecule has 0 amide bonds. The van der Waals surface area contributed by atoms with Crippen molar-refractivity contribution >= 4 is 17.3 Å². The molecule has 92 valence electrons. The van der Waals surface area contributed by atoms with Crippen LogP contribution in [0.4, 0.5) is 0 Å². The monoisotopic (exact) mass is 251 g/mol. The molecule has 0 saturated heterocycles. The van der Waals surface area contributed by atoms with Crippen LogP contribution in [-0.4, -0.2) is 29.1 Å². The van der Waals surface area contributed by atoms with Crippen molar-refractivity contribution in [1.29, 1.82) is 0 Å². The van der Waals surface area contributed by atoms with Gasteiger partial charge in [-0.2, -0.15) is 0 Å². The molecule has 3 nitrogen and oxygen atoms in total. The van der Waals surface area contributed by atoms with Crippen LogP contribution in [0.25, 0.3) is 0 Å². The molecule has 2 heterocycles. The Kier molecular flexibility index (Phi) is 2.92. The maximum Gasteiger partial charge on any atom is 0.325 e. The summed E-state index contributed by atoms with van der Waals surface area (Å²) in [6, 6.07) is 1.59. The summed E-state index contributed by atoms with van der Waals surface area (Å²) in [6.07, 6.45) is 4.89. The van der Waals surface area contributed by atoms with E-state index >= 15 is 0 Å². The average molecular weight is 251 g/mol. The van der Waals surface area contributed by atoms with E-state index < -0.39 is 12.0 Å². The van der Waals surface area contributed by atoms with Gasteiger partial charge in [0.15, 0.2) is 0 Å². The van der Waals surface area contributed by atoms with Crippen molar-refractivity contribution in [2.45, 2.75) is 31.7 Å². The summed E-state index contributed by atoms with van der Waals surface area (Å²) >= 11 is 1.70. The molecule has 1 N–H and O–H groups in total. The molecular weight excluding hydrogens is 234 g/mol. The molecule has 1 aliphatic heterocycles. The summed E-state index contributed by atoms with van der Waals surface area (Å²) in [4.78, 5) is 14.9. The minimum Gasteiger partial charge on any atom is -0.480 e. The Balaban J connectivity index is 1.82. The Morgan fingerprint density at radius 3 is 3.00 bits per heavy atom. The molecule has 1 atom stereocenters. The summed E-state index contributed by atoms with van der Waals surface area (Å²) in [7, 11) is 0. The van der Waals surface area contributed by atoms with E-state index in [4.69, 9.17) is 0 Å². The highest BCUT2D eigenvalue weighted by Crippen LogP contribution is 2.36. The Labute approximate surface area is 105 Å². The number of nitrogens with zero attached hydrogens (tertiary/aromatic N) is 1. The molecule has 3 rings (SSSR count). The largest absolute Gasteiger partial charge is 0.480 e. The first-order chi connectivity index (χ1) is 8.25. The number of thiophene rings is 1. The lowest BCUT2D eigenvalue weighted by Gasteiger charge is -2.38. The zero-order chi connectivity index (χ0) is 11.8. The first-order valence-corrected chi connectivity index (χ1v) is 7.17. The summed E-state index contributed by atoms with van der Waals surface area (Å²) in [5.74, 6) is 0.0423. The summed E-state index contributed by atoms with van der Waals surface area (Å²) < 4.78 is 0. The second kappa shape index (κ2) is 4.42. The number of carboxylic acid groups (broad SMARTS) is 1. The van der Waals surface area contributed by atoms with Crippen LogP contribution in [0, 0.1) is 5.92 Å². The molecule has 17 heavy (non-hydrogen) atoms. The minimum absolute atomic E-state index is 0.398. The summed E-state index contributed by atoms with van der Waals surface area (Å²) in [5.41, 5.74) is 1.04. The third kappa shape index (κ3) is 2.00. The number of aliphatic carboxylic acids is 1. The highest BCUT2D eigenvalue weighted by atomic mass is 32.1. The SMILES string of the molecule is O=C(O)C1c2ccsc2CCN1CC1CCC1. The van der Waals surface area contributed by atoms with Crippen molar-refractivity contribution < 1.29 is 9.90 Å². The van der Waals surface area contributed by atoms with Crippen molar-refractivity contribution in [2.75, 3.05) is 13.1 Å². The molecule has 1 aromatic rings. The van der Waals surface area contributed by atoms with E-state index in [1.807, 2.05) is 11.4 Å². The van der Waals surface area contributed by atoms with Gasteiger partial charge >= 0.3 is 5.97 Å².